The first-order valence-electron chi connectivity index (χ1n) is 3.30. The second-order valence-corrected chi connectivity index (χ2v) is 2.14. The Morgan fingerprint density at radius 3 is 2.58 bits per heavy atom. The van der Waals surface area contributed by atoms with Crippen LogP contribution in [0.1, 0.15) is 19.3 Å². The molecule has 0 N–H and O–H groups in total. The predicted octanol–water partition coefficient (Wildman–Crippen LogP) is 3.48. The summed E-state index contributed by atoms with van der Waals surface area (Å²) in [6, 6.07) is 0. The fourth-order valence-electron chi connectivity index (χ4n) is 0.879. The van der Waals surface area contributed by atoms with Crippen molar-refractivity contribution in [3.8, 4) is 0 Å². The van der Waals surface area contributed by atoms with Gasteiger partial charge in [-0.25, -0.2) is 11.6 Å². The van der Waals surface area contributed by atoms with Crippen LogP contribution >= 0.6 is 24.8 Å². The first-order valence-corrected chi connectivity index (χ1v) is 3.30. The molecule has 0 spiro atoms. The maximum absolute atomic E-state index is 3.66. The van der Waals surface area contributed by atoms with E-state index in [2.05, 4.69) is 24.8 Å². The zero-order valence-electron chi connectivity index (χ0n) is 6.88. The Bertz CT molecular complexity index is 162. The summed E-state index contributed by atoms with van der Waals surface area (Å²) in [7, 11) is 0. The third kappa shape index (κ3) is 7.34. The van der Waals surface area contributed by atoms with Crippen molar-refractivity contribution in [3.05, 3.63) is 36.5 Å². The van der Waals surface area contributed by atoms with E-state index >= 15 is 0 Å². The monoisotopic (exact) mass is 281 g/mol. The molecule has 0 aromatic carbocycles. The second kappa shape index (κ2) is 11.7. The minimum atomic E-state index is 0. The number of rotatable bonds is 3. The largest absolute Gasteiger partial charge is 0.269 e. The van der Waals surface area contributed by atoms with Crippen LogP contribution in [0.4, 0.5) is 0 Å². The minimum Gasteiger partial charge on any atom is -0.269 e. The van der Waals surface area contributed by atoms with Crippen LogP contribution in [0.2, 0.25) is 0 Å². The van der Waals surface area contributed by atoms with Crippen LogP contribution in [0.15, 0.2) is 30.4 Å². The molecule has 1 rings (SSSR count). The third-order valence-corrected chi connectivity index (χ3v) is 1.38. The number of allylic oxidation sites excluding steroid dienone is 5. The minimum absolute atomic E-state index is 0. The summed E-state index contributed by atoms with van der Waals surface area (Å²) in [4.78, 5) is 0. The quantitative estimate of drug-likeness (QED) is 0.549. The molecule has 0 bridgehead atoms. The first kappa shape index (κ1) is 18.5. The summed E-state index contributed by atoms with van der Waals surface area (Å²) < 4.78 is 0. The van der Waals surface area contributed by atoms with Crippen LogP contribution in [0.5, 0.6) is 0 Å². The summed E-state index contributed by atoms with van der Waals surface area (Å²) in [6.07, 6.45) is 12.7. The average molecular weight is 283 g/mol. The molecule has 1 aliphatic carbocycles. The van der Waals surface area contributed by atoms with Gasteiger partial charge in [0.1, 0.15) is 0 Å². The zero-order valence-corrected chi connectivity index (χ0v) is 11.0. The number of hydrogen-bond donors (Lipinski definition) is 0. The van der Waals surface area contributed by atoms with E-state index in [4.69, 9.17) is 0 Å². The molecule has 0 radical (unpaired) electrons. The van der Waals surface area contributed by atoms with Gasteiger partial charge < -0.3 is 0 Å². The smallest absolute Gasteiger partial charge is 0 e. The van der Waals surface area contributed by atoms with Crippen molar-refractivity contribution in [1.82, 2.24) is 0 Å². The van der Waals surface area contributed by atoms with Crippen LogP contribution in [-0.2, 0) is 26.2 Å². The molecule has 0 aromatic rings. The maximum Gasteiger partial charge on any atom is 0 e. The van der Waals surface area contributed by atoms with Gasteiger partial charge in [0, 0.05) is 26.2 Å². The van der Waals surface area contributed by atoms with Crippen molar-refractivity contribution in [2.24, 2.45) is 0 Å². The van der Waals surface area contributed by atoms with Gasteiger partial charge in [0.15, 0.2) is 0 Å². The average Bonchev–Trinajstić information content (AvgIpc) is 2.34. The van der Waals surface area contributed by atoms with Gasteiger partial charge in [-0.15, -0.1) is 37.8 Å². The van der Waals surface area contributed by atoms with Gasteiger partial charge in [0.05, 0.1) is 0 Å². The van der Waals surface area contributed by atoms with E-state index in [-0.39, 0.29) is 51.0 Å². The molecule has 0 aliphatic heterocycles. The first-order chi connectivity index (χ1) is 4.43. The summed E-state index contributed by atoms with van der Waals surface area (Å²) >= 11 is 0. The van der Waals surface area contributed by atoms with E-state index in [0.29, 0.717) is 0 Å². The van der Waals surface area contributed by atoms with Crippen LogP contribution in [0.3, 0.4) is 0 Å². The number of halogens is 2. The Hall–Kier alpha value is 0.683. The molecule has 0 atom stereocenters. The zero-order chi connectivity index (χ0) is 6.53. The molecule has 3 heteroatoms. The molecule has 0 fully saturated rings. The summed E-state index contributed by atoms with van der Waals surface area (Å²) in [6.45, 7) is 3.66. The van der Waals surface area contributed by atoms with Gasteiger partial charge in [-0.2, -0.15) is 6.08 Å². The fourth-order valence-corrected chi connectivity index (χ4v) is 0.879. The molecule has 0 heterocycles. The molecule has 0 saturated heterocycles. The normalized spacial score (nSPS) is 11.8. The van der Waals surface area contributed by atoms with Crippen LogP contribution < -0.4 is 0 Å². The molecule has 68 valence electrons. The Kier molecular flexibility index (Phi) is 18.0. The van der Waals surface area contributed by atoms with Gasteiger partial charge in [0.25, 0.3) is 0 Å². The van der Waals surface area contributed by atoms with E-state index in [9.17, 15) is 0 Å². The standard InChI is InChI=1S/C9H11.2ClH.Zr/c1-2-3-6-9-7-4-5-8-9;;;/h2,4,7H,1,3,5-6H2;2*1H;/q-1;;;. The summed E-state index contributed by atoms with van der Waals surface area (Å²) in [5.41, 5.74) is 1.34. The molecular weight excluding hydrogens is 270 g/mol. The Morgan fingerprint density at radius 1 is 1.50 bits per heavy atom. The second-order valence-electron chi connectivity index (χ2n) is 2.14. The van der Waals surface area contributed by atoms with E-state index in [1.807, 2.05) is 6.08 Å². The fraction of sp³-hybridized carbons (Fsp3) is 0.333. The topological polar surface area (TPSA) is 0 Å². The molecule has 0 amide bonds. The molecule has 12 heavy (non-hydrogen) atoms. The van der Waals surface area contributed by atoms with Gasteiger partial charge in [-0.05, 0) is 6.42 Å². The van der Waals surface area contributed by atoms with Gasteiger partial charge in [0.2, 0.25) is 0 Å². The van der Waals surface area contributed by atoms with E-state index in [0.717, 1.165) is 19.3 Å². The Morgan fingerprint density at radius 2 is 2.17 bits per heavy atom. The van der Waals surface area contributed by atoms with Crippen molar-refractivity contribution >= 4 is 24.8 Å². The molecule has 0 nitrogen and oxygen atoms in total. The third-order valence-electron chi connectivity index (χ3n) is 1.38. The molecule has 0 aromatic heterocycles. The van der Waals surface area contributed by atoms with E-state index < -0.39 is 0 Å². The van der Waals surface area contributed by atoms with Gasteiger partial charge in [-0.3, -0.25) is 6.08 Å². The van der Waals surface area contributed by atoms with Crippen molar-refractivity contribution < 1.29 is 26.2 Å². The van der Waals surface area contributed by atoms with Crippen molar-refractivity contribution in [2.75, 3.05) is 0 Å². The Labute approximate surface area is 106 Å². The van der Waals surface area contributed by atoms with Crippen molar-refractivity contribution in [2.45, 2.75) is 19.3 Å². The maximum atomic E-state index is 3.66. The summed E-state index contributed by atoms with van der Waals surface area (Å²) in [5.74, 6) is 0. The van der Waals surface area contributed by atoms with Crippen LogP contribution in [0.25, 0.3) is 0 Å². The van der Waals surface area contributed by atoms with E-state index in [1.165, 1.54) is 5.57 Å². The molecule has 0 unspecified atom stereocenters. The molecule has 1 aliphatic rings. The SMILES string of the molecule is C=CCCC1=[C-]CC=C1.Cl.Cl.[Zr]. The number of hydrogen-bond acceptors (Lipinski definition) is 0. The van der Waals surface area contributed by atoms with Crippen LogP contribution in [0, 0.1) is 6.08 Å². The van der Waals surface area contributed by atoms with Gasteiger partial charge >= 0.3 is 0 Å². The predicted molar refractivity (Wildman–Crippen MR) is 54.4 cm³/mol. The van der Waals surface area contributed by atoms with Crippen LogP contribution in [-0.4, -0.2) is 0 Å². The molecular formula is C9H13Cl2Zr-. The molecule has 0 saturated carbocycles. The Balaban J connectivity index is -0.000000270. The van der Waals surface area contributed by atoms with Crippen molar-refractivity contribution in [1.29, 1.82) is 0 Å². The van der Waals surface area contributed by atoms with Gasteiger partial charge in [-0.1, -0.05) is 12.5 Å². The van der Waals surface area contributed by atoms with E-state index in [1.54, 1.807) is 0 Å². The summed E-state index contributed by atoms with van der Waals surface area (Å²) in [5, 5.41) is 0. The van der Waals surface area contributed by atoms with Crippen molar-refractivity contribution in [3.63, 3.8) is 0 Å².